The van der Waals surface area contributed by atoms with Crippen molar-refractivity contribution in [3.8, 4) is 0 Å². The van der Waals surface area contributed by atoms with E-state index in [4.69, 9.17) is 17.0 Å². The third-order valence-electron chi connectivity index (χ3n) is 3.07. The van der Waals surface area contributed by atoms with Gasteiger partial charge < -0.3 is 9.64 Å². The second-order valence-corrected chi connectivity index (χ2v) is 4.86. The molecule has 1 N–H and O–H groups in total. The SMILES string of the molecule is CCCOC1CCCN(c2n[nH]c(=S)n2C)C1. The van der Waals surface area contributed by atoms with Gasteiger partial charge in [-0.05, 0) is 31.5 Å². The predicted molar refractivity (Wildman–Crippen MR) is 69.9 cm³/mol. The van der Waals surface area contributed by atoms with Crippen LogP contribution in [0.5, 0.6) is 0 Å². The average molecular weight is 256 g/mol. The minimum atomic E-state index is 0.328. The van der Waals surface area contributed by atoms with E-state index < -0.39 is 0 Å². The third kappa shape index (κ3) is 2.87. The van der Waals surface area contributed by atoms with Crippen molar-refractivity contribution in [2.45, 2.75) is 32.3 Å². The first-order chi connectivity index (χ1) is 8.22. The molecule has 1 fully saturated rings. The Balaban J connectivity index is 2.02. The fourth-order valence-corrected chi connectivity index (χ4v) is 2.29. The summed E-state index contributed by atoms with van der Waals surface area (Å²) in [6.07, 6.45) is 3.69. The van der Waals surface area contributed by atoms with Crippen molar-refractivity contribution in [3.05, 3.63) is 4.77 Å². The van der Waals surface area contributed by atoms with Crippen molar-refractivity contribution >= 4 is 18.2 Å². The van der Waals surface area contributed by atoms with E-state index in [-0.39, 0.29) is 0 Å². The predicted octanol–water partition coefficient (Wildman–Crippen LogP) is 1.87. The molecule has 2 rings (SSSR count). The monoisotopic (exact) mass is 256 g/mol. The number of piperidine rings is 1. The summed E-state index contributed by atoms with van der Waals surface area (Å²) in [4.78, 5) is 2.25. The van der Waals surface area contributed by atoms with Crippen molar-refractivity contribution in [2.75, 3.05) is 24.6 Å². The van der Waals surface area contributed by atoms with Crippen LogP contribution in [0.3, 0.4) is 0 Å². The van der Waals surface area contributed by atoms with E-state index in [2.05, 4.69) is 22.0 Å². The fraction of sp³-hybridized carbons (Fsp3) is 0.818. The van der Waals surface area contributed by atoms with E-state index in [0.717, 1.165) is 44.9 Å². The normalized spacial score (nSPS) is 20.8. The standard InChI is InChI=1S/C11H20N4OS/c1-3-7-16-9-5-4-6-15(8-9)10-12-13-11(17)14(10)2/h9H,3-8H2,1-2H3,(H,13,17). The Hall–Kier alpha value is -0.880. The zero-order chi connectivity index (χ0) is 12.3. The zero-order valence-corrected chi connectivity index (χ0v) is 11.3. The molecule has 0 aliphatic carbocycles. The molecule has 0 aromatic carbocycles. The molecule has 2 heterocycles. The summed E-state index contributed by atoms with van der Waals surface area (Å²) in [6.45, 7) is 4.92. The van der Waals surface area contributed by atoms with E-state index in [9.17, 15) is 0 Å². The van der Waals surface area contributed by atoms with Crippen molar-refractivity contribution in [1.29, 1.82) is 0 Å². The van der Waals surface area contributed by atoms with Crippen LogP contribution in [-0.2, 0) is 11.8 Å². The van der Waals surface area contributed by atoms with Crippen LogP contribution in [-0.4, -0.2) is 40.6 Å². The van der Waals surface area contributed by atoms with Crippen molar-refractivity contribution in [1.82, 2.24) is 14.8 Å². The zero-order valence-electron chi connectivity index (χ0n) is 10.5. The fourth-order valence-electron chi connectivity index (χ4n) is 2.16. The Morgan fingerprint density at radius 1 is 1.59 bits per heavy atom. The molecule has 6 heteroatoms. The molecular weight excluding hydrogens is 236 g/mol. The van der Waals surface area contributed by atoms with Gasteiger partial charge in [-0.2, -0.15) is 0 Å². The highest BCUT2D eigenvalue weighted by atomic mass is 32.1. The number of hydrogen-bond acceptors (Lipinski definition) is 4. The Kier molecular flexibility index (Phi) is 4.17. The number of anilines is 1. The molecule has 1 saturated heterocycles. The molecule has 1 aliphatic rings. The highest BCUT2D eigenvalue weighted by Gasteiger charge is 2.23. The largest absolute Gasteiger partial charge is 0.376 e. The molecular formula is C11H20N4OS. The summed E-state index contributed by atoms with van der Waals surface area (Å²) in [5.41, 5.74) is 0. The number of hydrogen-bond donors (Lipinski definition) is 1. The van der Waals surface area contributed by atoms with Gasteiger partial charge in [0.25, 0.3) is 0 Å². The highest BCUT2D eigenvalue weighted by Crippen LogP contribution is 2.19. The van der Waals surface area contributed by atoms with Crippen molar-refractivity contribution in [3.63, 3.8) is 0 Å². The Morgan fingerprint density at radius 3 is 3.06 bits per heavy atom. The van der Waals surface area contributed by atoms with Gasteiger partial charge in [0.05, 0.1) is 6.10 Å². The number of nitrogens with zero attached hydrogens (tertiary/aromatic N) is 3. The lowest BCUT2D eigenvalue weighted by Gasteiger charge is -2.32. The molecule has 1 unspecified atom stereocenters. The van der Waals surface area contributed by atoms with Gasteiger partial charge in [-0.15, -0.1) is 5.10 Å². The Morgan fingerprint density at radius 2 is 2.41 bits per heavy atom. The van der Waals surface area contributed by atoms with Gasteiger partial charge in [0.1, 0.15) is 0 Å². The van der Waals surface area contributed by atoms with E-state index in [0.29, 0.717) is 10.9 Å². The maximum Gasteiger partial charge on any atom is 0.225 e. The lowest BCUT2D eigenvalue weighted by molar-refractivity contribution is 0.0436. The summed E-state index contributed by atoms with van der Waals surface area (Å²) < 4.78 is 8.39. The molecule has 0 bridgehead atoms. The topological polar surface area (TPSA) is 46.1 Å². The second-order valence-electron chi connectivity index (χ2n) is 4.47. The Labute approximate surface area is 107 Å². The minimum Gasteiger partial charge on any atom is -0.376 e. The molecule has 17 heavy (non-hydrogen) atoms. The number of nitrogens with one attached hydrogen (secondary N) is 1. The van der Waals surface area contributed by atoms with Crippen LogP contribution in [0.25, 0.3) is 0 Å². The molecule has 0 radical (unpaired) electrons. The molecule has 0 spiro atoms. The van der Waals surface area contributed by atoms with E-state index in [1.807, 2.05) is 11.6 Å². The van der Waals surface area contributed by atoms with Crippen LogP contribution in [0.15, 0.2) is 0 Å². The van der Waals surface area contributed by atoms with Crippen LogP contribution in [0.1, 0.15) is 26.2 Å². The molecule has 96 valence electrons. The smallest absolute Gasteiger partial charge is 0.225 e. The molecule has 1 aromatic rings. The first-order valence-electron chi connectivity index (χ1n) is 6.20. The van der Waals surface area contributed by atoms with Gasteiger partial charge in [-0.3, -0.25) is 4.57 Å². The molecule has 5 nitrogen and oxygen atoms in total. The van der Waals surface area contributed by atoms with Gasteiger partial charge in [0, 0.05) is 26.7 Å². The quantitative estimate of drug-likeness (QED) is 0.835. The summed E-state index contributed by atoms with van der Waals surface area (Å²) in [5, 5.41) is 7.10. The molecule has 0 saturated carbocycles. The first kappa shape index (κ1) is 12.6. The summed E-state index contributed by atoms with van der Waals surface area (Å²) in [7, 11) is 1.94. The number of ether oxygens (including phenoxy) is 1. The van der Waals surface area contributed by atoms with Gasteiger partial charge in [0.15, 0.2) is 4.77 Å². The molecule has 0 amide bonds. The van der Waals surface area contributed by atoms with Crippen LogP contribution < -0.4 is 4.90 Å². The first-order valence-corrected chi connectivity index (χ1v) is 6.61. The molecule has 1 atom stereocenters. The van der Waals surface area contributed by atoms with Crippen LogP contribution in [0.4, 0.5) is 5.95 Å². The van der Waals surface area contributed by atoms with Crippen LogP contribution in [0.2, 0.25) is 0 Å². The minimum absolute atomic E-state index is 0.328. The average Bonchev–Trinajstić information content (AvgIpc) is 2.68. The second kappa shape index (κ2) is 5.64. The van der Waals surface area contributed by atoms with Gasteiger partial charge in [-0.25, -0.2) is 5.10 Å². The van der Waals surface area contributed by atoms with Crippen LogP contribution >= 0.6 is 12.2 Å². The summed E-state index contributed by atoms with van der Waals surface area (Å²) in [5.74, 6) is 0.916. The van der Waals surface area contributed by atoms with E-state index >= 15 is 0 Å². The maximum atomic E-state index is 5.82. The van der Waals surface area contributed by atoms with Crippen LogP contribution in [0, 0.1) is 4.77 Å². The number of rotatable bonds is 4. The van der Waals surface area contributed by atoms with E-state index in [1.54, 1.807) is 0 Å². The van der Waals surface area contributed by atoms with Gasteiger partial charge in [0.2, 0.25) is 5.95 Å². The van der Waals surface area contributed by atoms with Crippen molar-refractivity contribution < 1.29 is 4.74 Å². The highest BCUT2D eigenvalue weighted by molar-refractivity contribution is 7.71. The molecule has 1 aromatic heterocycles. The van der Waals surface area contributed by atoms with Crippen molar-refractivity contribution in [2.24, 2.45) is 7.05 Å². The van der Waals surface area contributed by atoms with Gasteiger partial charge >= 0.3 is 0 Å². The Bertz CT molecular complexity index is 414. The number of aromatic amines is 1. The maximum absolute atomic E-state index is 5.82. The lowest BCUT2D eigenvalue weighted by atomic mass is 10.1. The van der Waals surface area contributed by atoms with E-state index in [1.165, 1.54) is 0 Å². The van der Waals surface area contributed by atoms with Gasteiger partial charge in [-0.1, -0.05) is 6.92 Å². The summed E-state index contributed by atoms with van der Waals surface area (Å²) in [6, 6.07) is 0. The number of H-pyrrole nitrogens is 1. The lowest BCUT2D eigenvalue weighted by Crippen LogP contribution is -2.41. The number of aromatic nitrogens is 3. The summed E-state index contributed by atoms with van der Waals surface area (Å²) >= 11 is 5.13. The third-order valence-corrected chi connectivity index (χ3v) is 3.44. The molecule has 1 aliphatic heterocycles.